The molecule has 56 valence electrons. The lowest BCUT2D eigenvalue weighted by atomic mass is 10.3. The third-order valence-corrected chi connectivity index (χ3v) is 1.22. The van der Waals surface area contributed by atoms with Gasteiger partial charge in [-0.25, -0.2) is 0 Å². The van der Waals surface area contributed by atoms with Crippen molar-refractivity contribution < 1.29 is 0 Å². The molecule has 0 aliphatic carbocycles. The fourth-order valence-electron chi connectivity index (χ4n) is 0.670. The van der Waals surface area contributed by atoms with Crippen molar-refractivity contribution in [2.45, 2.75) is 6.92 Å². The summed E-state index contributed by atoms with van der Waals surface area (Å²) in [6.07, 6.45) is 7.77. The molecular formula is C9H15N. The van der Waals surface area contributed by atoms with Crippen molar-refractivity contribution in [3.05, 3.63) is 36.6 Å². The average molecular weight is 137 g/mol. The standard InChI is InChI=1S/C9H15N/c1-5-7-8-9(6-2)10(3)4/h5-8H,1H2,2-4H3/b8-7-,9-6+. The van der Waals surface area contributed by atoms with Gasteiger partial charge < -0.3 is 4.90 Å². The first-order chi connectivity index (χ1) is 4.72. The van der Waals surface area contributed by atoms with Gasteiger partial charge in [0, 0.05) is 19.8 Å². The van der Waals surface area contributed by atoms with E-state index >= 15 is 0 Å². The minimum Gasteiger partial charge on any atom is -0.378 e. The summed E-state index contributed by atoms with van der Waals surface area (Å²) < 4.78 is 0. The van der Waals surface area contributed by atoms with Gasteiger partial charge in [0.2, 0.25) is 0 Å². The van der Waals surface area contributed by atoms with Crippen molar-refractivity contribution in [2.75, 3.05) is 14.1 Å². The molecule has 0 N–H and O–H groups in total. The second-order valence-corrected chi connectivity index (χ2v) is 2.20. The molecule has 0 amide bonds. The molecule has 0 aliphatic rings. The normalized spacial score (nSPS) is 12.1. The predicted octanol–water partition coefficient (Wildman–Crippen LogP) is 2.19. The molecule has 0 radical (unpaired) electrons. The van der Waals surface area contributed by atoms with Gasteiger partial charge in [0.15, 0.2) is 0 Å². The molecule has 0 aromatic rings. The van der Waals surface area contributed by atoms with Gasteiger partial charge in [0.1, 0.15) is 0 Å². The van der Waals surface area contributed by atoms with Crippen molar-refractivity contribution in [3.63, 3.8) is 0 Å². The van der Waals surface area contributed by atoms with E-state index in [0.29, 0.717) is 0 Å². The molecule has 0 aromatic carbocycles. The molecule has 10 heavy (non-hydrogen) atoms. The van der Waals surface area contributed by atoms with Crippen LogP contribution in [0.25, 0.3) is 0 Å². The van der Waals surface area contributed by atoms with E-state index in [1.54, 1.807) is 6.08 Å². The zero-order chi connectivity index (χ0) is 7.98. The van der Waals surface area contributed by atoms with E-state index in [9.17, 15) is 0 Å². The van der Waals surface area contributed by atoms with Crippen LogP contribution in [-0.4, -0.2) is 19.0 Å². The highest BCUT2D eigenvalue weighted by molar-refractivity contribution is 5.18. The summed E-state index contributed by atoms with van der Waals surface area (Å²) in [7, 11) is 4.03. The minimum atomic E-state index is 1.19. The Labute approximate surface area is 63.3 Å². The third kappa shape index (κ3) is 3.13. The average Bonchev–Trinajstić information content (AvgIpc) is 1.89. The van der Waals surface area contributed by atoms with E-state index < -0.39 is 0 Å². The van der Waals surface area contributed by atoms with E-state index in [-0.39, 0.29) is 0 Å². The van der Waals surface area contributed by atoms with Crippen LogP contribution in [0.2, 0.25) is 0 Å². The Morgan fingerprint density at radius 3 is 2.30 bits per heavy atom. The van der Waals surface area contributed by atoms with Crippen LogP contribution in [0.5, 0.6) is 0 Å². The minimum absolute atomic E-state index is 1.19. The summed E-state index contributed by atoms with van der Waals surface area (Å²) in [4.78, 5) is 2.06. The second kappa shape index (κ2) is 4.86. The summed E-state index contributed by atoms with van der Waals surface area (Å²) in [5, 5.41) is 0. The van der Waals surface area contributed by atoms with Crippen molar-refractivity contribution in [1.82, 2.24) is 4.90 Å². The molecule has 1 heteroatoms. The quantitative estimate of drug-likeness (QED) is 0.539. The van der Waals surface area contributed by atoms with E-state index in [0.717, 1.165) is 0 Å². The summed E-state index contributed by atoms with van der Waals surface area (Å²) in [5.74, 6) is 0. The highest BCUT2D eigenvalue weighted by atomic mass is 15.1. The largest absolute Gasteiger partial charge is 0.378 e. The van der Waals surface area contributed by atoms with Gasteiger partial charge in [-0.05, 0) is 13.0 Å². The number of rotatable bonds is 3. The van der Waals surface area contributed by atoms with Gasteiger partial charge >= 0.3 is 0 Å². The fraction of sp³-hybridized carbons (Fsp3) is 0.333. The van der Waals surface area contributed by atoms with Gasteiger partial charge in [-0.1, -0.05) is 24.8 Å². The van der Waals surface area contributed by atoms with Crippen LogP contribution >= 0.6 is 0 Å². The first-order valence-corrected chi connectivity index (χ1v) is 3.35. The first kappa shape index (κ1) is 9.02. The predicted molar refractivity (Wildman–Crippen MR) is 46.8 cm³/mol. The Morgan fingerprint density at radius 2 is 2.00 bits per heavy atom. The maximum Gasteiger partial charge on any atom is 0.0317 e. The Hall–Kier alpha value is -0.980. The number of allylic oxidation sites excluding steroid dienone is 4. The fourth-order valence-corrected chi connectivity index (χ4v) is 0.670. The van der Waals surface area contributed by atoms with Crippen LogP contribution in [0, 0.1) is 0 Å². The molecule has 0 unspecified atom stereocenters. The molecule has 0 fully saturated rings. The van der Waals surface area contributed by atoms with Gasteiger partial charge in [-0.3, -0.25) is 0 Å². The first-order valence-electron chi connectivity index (χ1n) is 3.35. The van der Waals surface area contributed by atoms with Gasteiger partial charge in [-0.15, -0.1) is 0 Å². The Bertz CT molecular complexity index is 152. The highest BCUT2D eigenvalue weighted by Gasteiger charge is 1.88. The summed E-state index contributed by atoms with van der Waals surface area (Å²) in [5.41, 5.74) is 1.19. The Balaban J connectivity index is 4.10. The van der Waals surface area contributed by atoms with Crippen molar-refractivity contribution >= 4 is 0 Å². The molecule has 0 rings (SSSR count). The Morgan fingerprint density at radius 1 is 1.40 bits per heavy atom. The zero-order valence-electron chi connectivity index (χ0n) is 6.96. The van der Waals surface area contributed by atoms with E-state index in [2.05, 4.69) is 17.6 Å². The number of nitrogens with zero attached hydrogens (tertiary/aromatic N) is 1. The van der Waals surface area contributed by atoms with Crippen LogP contribution in [0.3, 0.4) is 0 Å². The maximum absolute atomic E-state index is 3.59. The maximum atomic E-state index is 3.59. The van der Waals surface area contributed by atoms with Crippen LogP contribution < -0.4 is 0 Å². The van der Waals surface area contributed by atoms with Crippen molar-refractivity contribution in [2.24, 2.45) is 0 Å². The SMILES string of the molecule is C=C/C=C\C(=C/C)N(C)C. The molecule has 0 saturated heterocycles. The molecule has 0 spiro atoms. The van der Waals surface area contributed by atoms with Gasteiger partial charge in [-0.2, -0.15) is 0 Å². The summed E-state index contributed by atoms with van der Waals surface area (Å²) in [6.45, 7) is 5.61. The highest BCUT2D eigenvalue weighted by Crippen LogP contribution is 1.99. The molecule has 0 atom stereocenters. The number of likely N-dealkylation sites (N-methyl/N-ethyl adjacent to an activating group) is 1. The van der Waals surface area contributed by atoms with Gasteiger partial charge in [0.05, 0.1) is 0 Å². The molecule has 0 bridgehead atoms. The molecule has 0 heterocycles. The number of hydrogen-bond acceptors (Lipinski definition) is 1. The zero-order valence-corrected chi connectivity index (χ0v) is 6.96. The summed E-state index contributed by atoms with van der Waals surface area (Å²) in [6, 6.07) is 0. The second-order valence-electron chi connectivity index (χ2n) is 2.20. The smallest absolute Gasteiger partial charge is 0.0317 e. The topological polar surface area (TPSA) is 3.24 Å². The van der Waals surface area contributed by atoms with Gasteiger partial charge in [0.25, 0.3) is 0 Å². The lowest BCUT2D eigenvalue weighted by Gasteiger charge is -2.12. The monoisotopic (exact) mass is 137 g/mol. The molecule has 0 aliphatic heterocycles. The third-order valence-electron chi connectivity index (χ3n) is 1.22. The van der Waals surface area contributed by atoms with Crippen LogP contribution in [0.1, 0.15) is 6.92 Å². The van der Waals surface area contributed by atoms with Crippen molar-refractivity contribution in [3.8, 4) is 0 Å². The van der Waals surface area contributed by atoms with Crippen LogP contribution in [0.15, 0.2) is 36.6 Å². The van der Waals surface area contributed by atoms with E-state index in [4.69, 9.17) is 0 Å². The van der Waals surface area contributed by atoms with Crippen LogP contribution in [0.4, 0.5) is 0 Å². The van der Waals surface area contributed by atoms with E-state index in [1.807, 2.05) is 33.2 Å². The molecule has 1 nitrogen and oxygen atoms in total. The number of hydrogen-bond donors (Lipinski definition) is 0. The Kier molecular flexibility index (Phi) is 4.38. The lowest BCUT2D eigenvalue weighted by Crippen LogP contribution is -2.08. The summed E-state index contributed by atoms with van der Waals surface area (Å²) >= 11 is 0. The molecule has 0 aromatic heterocycles. The lowest BCUT2D eigenvalue weighted by molar-refractivity contribution is 0.529. The molecule has 0 saturated carbocycles. The van der Waals surface area contributed by atoms with Crippen molar-refractivity contribution in [1.29, 1.82) is 0 Å². The van der Waals surface area contributed by atoms with Crippen LogP contribution in [-0.2, 0) is 0 Å². The van der Waals surface area contributed by atoms with E-state index in [1.165, 1.54) is 5.70 Å². The molecular weight excluding hydrogens is 122 g/mol.